The van der Waals surface area contributed by atoms with Crippen LogP contribution >= 0.6 is 11.6 Å². The number of halogens is 1. The number of anilines is 1. The van der Waals surface area contributed by atoms with Crippen LogP contribution in [0, 0.1) is 0 Å². The minimum Gasteiger partial charge on any atom is -0.495 e. The van der Waals surface area contributed by atoms with Crippen molar-refractivity contribution in [1.29, 1.82) is 0 Å². The minimum atomic E-state index is -0.526. The fraction of sp³-hybridized carbons (Fsp3) is 0.308. The zero-order chi connectivity index (χ0) is 13.7. The van der Waals surface area contributed by atoms with Gasteiger partial charge >= 0.3 is 0 Å². The van der Waals surface area contributed by atoms with Crippen molar-refractivity contribution >= 4 is 17.3 Å². The molecule has 1 aromatic heterocycles. The fourth-order valence-corrected chi connectivity index (χ4v) is 1.89. The predicted octanol–water partition coefficient (Wildman–Crippen LogP) is 2.02. The van der Waals surface area contributed by atoms with Crippen molar-refractivity contribution in [2.24, 2.45) is 0 Å². The molecule has 0 bridgehead atoms. The standard InChI is InChI=1S/C13H16ClN3O2/c1-19-13-7-10(3-4-12(13)14)15-8-11(18)9-17-6-2-5-16-17/h2-7,11,15,18H,8-9H2,1H3. The lowest BCUT2D eigenvalue weighted by atomic mass is 10.2. The van der Waals surface area contributed by atoms with Crippen molar-refractivity contribution in [3.05, 3.63) is 41.7 Å². The van der Waals surface area contributed by atoms with Gasteiger partial charge in [-0.25, -0.2) is 0 Å². The van der Waals surface area contributed by atoms with E-state index in [0.29, 0.717) is 23.9 Å². The van der Waals surface area contributed by atoms with E-state index in [1.807, 2.05) is 18.3 Å². The molecule has 0 aliphatic heterocycles. The summed E-state index contributed by atoms with van der Waals surface area (Å²) in [5, 5.41) is 17.6. The third-order valence-corrected chi connectivity index (χ3v) is 2.96. The lowest BCUT2D eigenvalue weighted by Crippen LogP contribution is -2.25. The molecular weight excluding hydrogens is 266 g/mol. The van der Waals surface area contributed by atoms with Crippen LogP contribution < -0.4 is 10.1 Å². The highest BCUT2D eigenvalue weighted by Gasteiger charge is 2.06. The van der Waals surface area contributed by atoms with Crippen molar-refractivity contribution in [1.82, 2.24) is 9.78 Å². The Kier molecular flexibility index (Phi) is 4.65. The first-order valence-corrected chi connectivity index (χ1v) is 6.29. The van der Waals surface area contributed by atoms with E-state index in [1.165, 1.54) is 0 Å². The molecule has 1 heterocycles. The molecule has 0 radical (unpaired) electrons. The first-order valence-electron chi connectivity index (χ1n) is 5.92. The highest BCUT2D eigenvalue weighted by Crippen LogP contribution is 2.27. The first kappa shape index (κ1) is 13.7. The van der Waals surface area contributed by atoms with Crippen LogP contribution in [-0.2, 0) is 6.54 Å². The molecule has 2 aromatic rings. The molecule has 1 atom stereocenters. The summed E-state index contributed by atoms with van der Waals surface area (Å²) in [6.07, 6.45) is 2.97. The van der Waals surface area contributed by atoms with E-state index in [2.05, 4.69) is 10.4 Å². The maximum absolute atomic E-state index is 9.88. The lowest BCUT2D eigenvalue weighted by Gasteiger charge is -2.14. The Balaban J connectivity index is 1.88. The van der Waals surface area contributed by atoms with Gasteiger partial charge in [0.05, 0.1) is 24.8 Å². The molecule has 1 unspecified atom stereocenters. The normalized spacial score (nSPS) is 12.2. The summed E-state index contributed by atoms with van der Waals surface area (Å²) in [6, 6.07) is 7.21. The Morgan fingerprint density at radius 1 is 1.53 bits per heavy atom. The lowest BCUT2D eigenvalue weighted by molar-refractivity contribution is 0.161. The van der Waals surface area contributed by atoms with Crippen molar-refractivity contribution < 1.29 is 9.84 Å². The highest BCUT2D eigenvalue weighted by molar-refractivity contribution is 6.32. The molecule has 2 N–H and O–H groups in total. The number of ether oxygens (including phenoxy) is 1. The van der Waals surface area contributed by atoms with Crippen molar-refractivity contribution in [2.75, 3.05) is 19.0 Å². The number of hydrogen-bond donors (Lipinski definition) is 2. The number of aliphatic hydroxyl groups is 1. The van der Waals surface area contributed by atoms with Gasteiger partial charge in [-0.15, -0.1) is 0 Å². The zero-order valence-corrected chi connectivity index (χ0v) is 11.3. The van der Waals surface area contributed by atoms with Gasteiger partial charge in [-0.05, 0) is 18.2 Å². The van der Waals surface area contributed by atoms with E-state index in [9.17, 15) is 5.11 Å². The molecule has 0 aliphatic rings. The molecule has 1 aromatic carbocycles. The second-order valence-corrected chi connectivity index (χ2v) is 4.52. The number of hydrogen-bond acceptors (Lipinski definition) is 4. The van der Waals surface area contributed by atoms with Gasteiger partial charge in [0.25, 0.3) is 0 Å². The van der Waals surface area contributed by atoms with Crippen molar-refractivity contribution in [3.8, 4) is 5.75 Å². The molecule has 5 nitrogen and oxygen atoms in total. The molecule has 0 aliphatic carbocycles. The molecule has 0 saturated heterocycles. The smallest absolute Gasteiger partial charge is 0.139 e. The third-order valence-electron chi connectivity index (χ3n) is 2.65. The zero-order valence-electron chi connectivity index (χ0n) is 10.6. The van der Waals surface area contributed by atoms with E-state index in [1.54, 1.807) is 30.1 Å². The Morgan fingerprint density at radius 2 is 2.37 bits per heavy atom. The Bertz CT molecular complexity index is 517. The minimum absolute atomic E-state index is 0.421. The van der Waals surface area contributed by atoms with Crippen LogP contribution in [-0.4, -0.2) is 34.6 Å². The van der Waals surface area contributed by atoms with Crippen LogP contribution in [0.4, 0.5) is 5.69 Å². The van der Waals surface area contributed by atoms with Crippen molar-refractivity contribution in [3.63, 3.8) is 0 Å². The predicted molar refractivity (Wildman–Crippen MR) is 74.7 cm³/mol. The van der Waals surface area contributed by atoms with Gasteiger partial charge in [0.15, 0.2) is 0 Å². The van der Waals surface area contributed by atoms with Crippen LogP contribution in [0.3, 0.4) is 0 Å². The maximum Gasteiger partial charge on any atom is 0.139 e. The van der Waals surface area contributed by atoms with E-state index in [0.717, 1.165) is 5.69 Å². The van der Waals surface area contributed by atoms with E-state index < -0.39 is 6.10 Å². The molecule has 102 valence electrons. The fourth-order valence-electron chi connectivity index (χ4n) is 1.69. The Morgan fingerprint density at radius 3 is 3.05 bits per heavy atom. The monoisotopic (exact) mass is 281 g/mol. The number of rotatable bonds is 6. The molecule has 19 heavy (non-hydrogen) atoms. The maximum atomic E-state index is 9.88. The quantitative estimate of drug-likeness (QED) is 0.850. The largest absolute Gasteiger partial charge is 0.495 e. The van der Waals surface area contributed by atoms with Gasteiger partial charge in [-0.1, -0.05) is 11.6 Å². The van der Waals surface area contributed by atoms with Crippen LogP contribution in [0.5, 0.6) is 5.75 Å². The number of nitrogens with zero attached hydrogens (tertiary/aromatic N) is 2. The van der Waals surface area contributed by atoms with Crippen LogP contribution in [0.2, 0.25) is 5.02 Å². The van der Waals surface area contributed by atoms with Gasteiger partial charge in [0.1, 0.15) is 5.75 Å². The molecule has 0 amide bonds. The Labute approximate surface area is 116 Å². The number of methoxy groups -OCH3 is 1. The highest BCUT2D eigenvalue weighted by atomic mass is 35.5. The average molecular weight is 282 g/mol. The third kappa shape index (κ3) is 3.87. The number of aliphatic hydroxyl groups excluding tert-OH is 1. The second-order valence-electron chi connectivity index (χ2n) is 4.11. The molecule has 6 heteroatoms. The topological polar surface area (TPSA) is 59.3 Å². The first-order chi connectivity index (χ1) is 9.19. The summed E-state index contributed by atoms with van der Waals surface area (Å²) in [5.41, 5.74) is 0.848. The SMILES string of the molecule is COc1cc(NCC(O)Cn2cccn2)ccc1Cl. The molecule has 0 fully saturated rings. The van der Waals surface area contributed by atoms with Gasteiger partial charge in [-0.2, -0.15) is 5.10 Å². The summed E-state index contributed by atoms with van der Waals surface area (Å²) in [6.45, 7) is 0.870. The van der Waals surface area contributed by atoms with E-state index >= 15 is 0 Å². The van der Waals surface area contributed by atoms with Gasteiger partial charge in [-0.3, -0.25) is 4.68 Å². The summed E-state index contributed by atoms with van der Waals surface area (Å²) >= 11 is 5.94. The van der Waals surface area contributed by atoms with Gasteiger partial charge < -0.3 is 15.2 Å². The second kappa shape index (κ2) is 6.45. The summed E-state index contributed by atoms with van der Waals surface area (Å²) in [4.78, 5) is 0. The van der Waals surface area contributed by atoms with Crippen LogP contribution in [0.25, 0.3) is 0 Å². The summed E-state index contributed by atoms with van der Waals surface area (Å²) < 4.78 is 6.82. The van der Waals surface area contributed by atoms with Gasteiger partial charge in [0.2, 0.25) is 0 Å². The van der Waals surface area contributed by atoms with Crippen molar-refractivity contribution in [2.45, 2.75) is 12.6 Å². The summed E-state index contributed by atoms with van der Waals surface area (Å²) in [7, 11) is 1.57. The number of benzene rings is 1. The molecule has 0 spiro atoms. The van der Waals surface area contributed by atoms with E-state index in [-0.39, 0.29) is 0 Å². The van der Waals surface area contributed by atoms with Gasteiger partial charge in [0, 0.05) is 30.7 Å². The Hall–Kier alpha value is -1.72. The van der Waals surface area contributed by atoms with Crippen LogP contribution in [0.15, 0.2) is 36.7 Å². The van der Waals surface area contributed by atoms with Crippen LogP contribution in [0.1, 0.15) is 0 Å². The number of aromatic nitrogens is 2. The molecular formula is C13H16ClN3O2. The average Bonchev–Trinajstić information content (AvgIpc) is 2.90. The number of nitrogens with one attached hydrogen (secondary N) is 1. The molecule has 2 rings (SSSR count). The summed E-state index contributed by atoms with van der Waals surface area (Å²) in [5.74, 6) is 0.605. The molecule has 0 saturated carbocycles. The van der Waals surface area contributed by atoms with E-state index in [4.69, 9.17) is 16.3 Å².